The highest BCUT2D eigenvalue weighted by Gasteiger charge is 2.28. The first-order valence-electron chi connectivity index (χ1n) is 7.34. The summed E-state index contributed by atoms with van der Waals surface area (Å²) in [6.07, 6.45) is 0.0899. The van der Waals surface area contributed by atoms with Gasteiger partial charge in [-0.1, -0.05) is 0 Å². The van der Waals surface area contributed by atoms with Gasteiger partial charge in [0.05, 0.1) is 29.8 Å². The highest BCUT2D eigenvalue weighted by Crippen LogP contribution is 2.13. The van der Waals surface area contributed by atoms with Crippen LogP contribution in [0.1, 0.15) is 34.1 Å². The molecule has 0 amide bonds. The van der Waals surface area contributed by atoms with Crippen molar-refractivity contribution >= 4 is 10.1 Å². The summed E-state index contributed by atoms with van der Waals surface area (Å²) in [6, 6.07) is 0. The van der Waals surface area contributed by atoms with Crippen molar-refractivity contribution in [3.63, 3.8) is 0 Å². The SMILES string of the molecule is CCOC(C[N+](CC)(CC)CCCS(=O)(=O)[O-])OCC. The van der Waals surface area contributed by atoms with E-state index >= 15 is 0 Å². The van der Waals surface area contributed by atoms with Gasteiger partial charge >= 0.3 is 0 Å². The second-order valence-electron chi connectivity index (χ2n) is 4.84. The molecule has 0 bridgehead atoms. The molecule has 122 valence electrons. The maximum absolute atomic E-state index is 10.7. The second-order valence-corrected chi connectivity index (χ2v) is 6.36. The largest absolute Gasteiger partial charge is 0.748 e. The smallest absolute Gasteiger partial charge is 0.207 e. The fraction of sp³-hybridized carbons (Fsp3) is 1.00. The Labute approximate surface area is 123 Å². The molecule has 0 unspecified atom stereocenters. The highest BCUT2D eigenvalue weighted by atomic mass is 32.2. The molecule has 0 aliphatic heterocycles. The molecule has 0 saturated carbocycles. The van der Waals surface area contributed by atoms with Crippen LogP contribution < -0.4 is 0 Å². The van der Waals surface area contributed by atoms with E-state index in [-0.39, 0.29) is 12.0 Å². The molecule has 20 heavy (non-hydrogen) atoms. The van der Waals surface area contributed by atoms with Gasteiger partial charge in [0.1, 0.15) is 6.54 Å². The first kappa shape index (κ1) is 19.8. The van der Waals surface area contributed by atoms with Crippen molar-refractivity contribution in [1.29, 1.82) is 0 Å². The Morgan fingerprint density at radius 1 is 1.05 bits per heavy atom. The topological polar surface area (TPSA) is 75.7 Å². The molecule has 0 heterocycles. The molecule has 7 heteroatoms. The predicted octanol–water partition coefficient (Wildman–Crippen LogP) is 1.18. The third-order valence-corrected chi connectivity index (χ3v) is 4.40. The number of ether oxygens (including phenoxy) is 2. The minimum atomic E-state index is -4.13. The summed E-state index contributed by atoms with van der Waals surface area (Å²) in [5.41, 5.74) is 0. The van der Waals surface area contributed by atoms with Crippen molar-refractivity contribution < 1.29 is 26.9 Å². The zero-order chi connectivity index (χ0) is 15.6. The van der Waals surface area contributed by atoms with Crippen LogP contribution in [0.5, 0.6) is 0 Å². The molecule has 0 N–H and O–H groups in total. The number of nitrogens with zero attached hydrogens (tertiary/aromatic N) is 1. The van der Waals surface area contributed by atoms with E-state index < -0.39 is 10.1 Å². The van der Waals surface area contributed by atoms with Crippen LogP contribution in [-0.2, 0) is 19.6 Å². The lowest BCUT2D eigenvalue weighted by molar-refractivity contribution is -0.930. The molecule has 0 atom stereocenters. The van der Waals surface area contributed by atoms with Crippen molar-refractivity contribution in [3.8, 4) is 0 Å². The van der Waals surface area contributed by atoms with Crippen LogP contribution in [0, 0.1) is 0 Å². The van der Waals surface area contributed by atoms with Crippen LogP contribution in [0.2, 0.25) is 0 Å². The van der Waals surface area contributed by atoms with Crippen molar-refractivity contribution in [2.45, 2.75) is 40.4 Å². The Bertz CT molecular complexity index is 335. The summed E-state index contributed by atoms with van der Waals surface area (Å²) in [4.78, 5) is 0. The van der Waals surface area contributed by atoms with E-state index in [9.17, 15) is 13.0 Å². The fourth-order valence-corrected chi connectivity index (χ4v) is 2.79. The number of quaternary nitrogens is 1. The first-order valence-corrected chi connectivity index (χ1v) is 8.92. The van der Waals surface area contributed by atoms with Gasteiger partial charge in [-0.3, -0.25) is 0 Å². The van der Waals surface area contributed by atoms with Crippen LogP contribution in [0.3, 0.4) is 0 Å². The minimum Gasteiger partial charge on any atom is -0.748 e. The average molecular weight is 311 g/mol. The lowest BCUT2D eigenvalue weighted by Gasteiger charge is -2.39. The van der Waals surface area contributed by atoms with Gasteiger partial charge in [0, 0.05) is 25.4 Å². The third kappa shape index (κ3) is 8.16. The second kappa shape index (κ2) is 9.68. The maximum Gasteiger partial charge on any atom is 0.207 e. The summed E-state index contributed by atoms with van der Waals surface area (Å²) in [7, 11) is -4.13. The Morgan fingerprint density at radius 3 is 1.90 bits per heavy atom. The monoisotopic (exact) mass is 311 g/mol. The molecule has 0 saturated heterocycles. The quantitative estimate of drug-likeness (QED) is 0.307. The van der Waals surface area contributed by atoms with E-state index in [1.165, 1.54) is 0 Å². The normalized spacial score (nSPS) is 13.1. The van der Waals surface area contributed by atoms with Crippen molar-refractivity contribution in [3.05, 3.63) is 0 Å². The van der Waals surface area contributed by atoms with Gasteiger partial charge in [0.25, 0.3) is 0 Å². The van der Waals surface area contributed by atoms with Crippen LogP contribution >= 0.6 is 0 Å². The van der Waals surface area contributed by atoms with Gasteiger partial charge in [-0.2, -0.15) is 0 Å². The Hall–Kier alpha value is -0.210. The highest BCUT2D eigenvalue weighted by molar-refractivity contribution is 7.85. The van der Waals surface area contributed by atoms with Crippen LogP contribution in [0.25, 0.3) is 0 Å². The predicted molar refractivity (Wildman–Crippen MR) is 77.3 cm³/mol. The number of hydrogen-bond donors (Lipinski definition) is 0. The number of likely N-dealkylation sites (N-methyl/N-ethyl adjacent to an activating group) is 1. The van der Waals surface area contributed by atoms with Crippen molar-refractivity contribution in [2.24, 2.45) is 0 Å². The molecule has 0 spiro atoms. The zero-order valence-electron chi connectivity index (χ0n) is 13.1. The summed E-state index contributed by atoms with van der Waals surface area (Å²) >= 11 is 0. The molecule has 6 nitrogen and oxygen atoms in total. The molecule has 0 aliphatic rings. The van der Waals surface area contributed by atoms with E-state index in [1.54, 1.807) is 0 Å². The standard InChI is InChI=1S/C13H29NO5S/c1-5-14(6-2,10-9-11-20(15,16)17)12-13(18-7-3)19-8-4/h13H,5-12H2,1-4H3. The van der Waals surface area contributed by atoms with Crippen molar-refractivity contribution in [2.75, 3.05) is 45.1 Å². The molecule has 0 radical (unpaired) electrons. The van der Waals surface area contributed by atoms with E-state index in [2.05, 4.69) is 13.8 Å². The van der Waals surface area contributed by atoms with Crippen molar-refractivity contribution in [1.82, 2.24) is 0 Å². The van der Waals surface area contributed by atoms with Gasteiger partial charge in [-0.15, -0.1) is 0 Å². The van der Waals surface area contributed by atoms with Gasteiger partial charge in [0.2, 0.25) is 6.29 Å². The molecule has 0 rings (SSSR count). The summed E-state index contributed by atoms with van der Waals surface area (Å²) in [5.74, 6) is -0.305. The average Bonchev–Trinajstić information content (AvgIpc) is 2.36. The summed E-state index contributed by atoms with van der Waals surface area (Å²) < 4.78 is 44.0. The van der Waals surface area contributed by atoms with Crippen LogP contribution in [-0.4, -0.2) is 68.9 Å². The Morgan fingerprint density at radius 2 is 1.55 bits per heavy atom. The van der Waals surface area contributed by atoms with Gasteiger partial charge < -0.3 is 18.5 Å². The minimum absolute atomic E-state index is 0.284. The maximum atomic E-state index is 10.7. The molecule has 0 aliphatic carbocycles. The first-order chi connectivity index (χ1) is 9.32. The van der Waals surface area contributed by atoms with Gasteiger partial charge in [0.15, 0.2) is 0 Å². The van der Waals surface area contributed by atoms with Crippen LogP contribution in [0.4, 0.5) is 0 Å². The molecule has 0 aromatic rings. The van der Waals surface area contributed by atoms with Gasteiger partial charge in [-0.25, -0.2) is 8.42 Å². The number of rotatable bonds is 12. The Balaban J connectivity index is 4.63. The van der Waals surface area contributed by atoms with E-state index in [0.29, 0.717) is 37.2 Å². The van der Waals surface area contributed by atoms with E-state index in [1.807, 2.05) is 13.8 Å². The number of hydrogen-bond acceptors (Lipinski definition) is 5. The molecular formula is C13H29NO5S. The van der Waals surface area contributed by atoms with Crippen LogP contribution in [0.15, 0.2) is 0 Å². The summed E-state index contributed by atoms with van der Waals surface area (Å²) in [6.45, 7) is 12.1. The van der Waals surface area contributed by atoms with E-state index in [4.69, 9.17) is 9.47 Å². The zero-order valence-corrected chi connectivity index (χ0v) is 13.9. The summed E-state index contributed by atoms with van der Waals surface area (Å²) in [5, 5.41) is 0. The Kier molecular flexibility index (Phi) is 9.58. The molecule has 0 aromatic carbocycles. The fourth-order valence-electron chi connectivity index (χ4n) is 2.31. The molecule has 0 fully saturated rings. The molecule has 0 aromatic heterocycles. The van der Waals surface area contributed by atoms with Gasteiger partial charge in [-0.05, 0) is 27.7 Å². The lowest BCUT2D eigenvalue weighted by Crippen LogP contribution is -2.53. The third-order valence-electron chi connectivity index (χ3n) is 3.61. The van der Waals surface area contributed by atoms with E-state index in [0.717, 1.165) is 13.1 Å². The molecular weight excluding hydrogens is 282 g/mol. The lowest BCUT2D eigenvalue weighted by atomic mass is 10.3.